The number of benzene rings is 3. The summed E-state index contributed by atoms with van der Waals surface area (Å²) in [7, 11) is 1.52. The number of hydrogen-bond donors (Lipinski definition) is 1. The van der Waals surface area contributed by atoms with Crippen LogP contribution in [0.15, 0.2) is 78.2 Å². The molecule has 166 valence electrons. The summed E-state index contributed by atoms with van der Waals surface area (Å²) in [6, 6.07) is 21.2. The van der Waals surface area contributed by atoms with E-state index in [1.807, 2.05) is 6.07 Å². The summed E-state index contributed by atoms with van der Waals surface area (Å²) in [4.78, 5) is 12.3. The summed E-state index contributed by atoms with van der Waals surface area (Å²) in [5.74, 6) is 0.485. The van der Waals surface area contributed by atoms with Crippen LogP contribution < -0.4 is 24.7 Å². The number of carbonyl (C=O) groups excluding carboxylic acids is 1. The van der Waals surface area contributed by atoms with Crippen LogP contribution in [0.2, 0.25) is 5.02 Å². The summed E-state index contributed by atoms with van der Waals surface area (Å²) >= 11 is 6.16. The van der Waals surface area contributed by atoms with Gasteiger partial charge >= 0.3 is 5.97 Å². The van der Waals surface area contributed by atoms with E-state index >= 15 is 0 Å². The number of methoxy groups -OCH3 is 1. The zero-order chi connectivity index (χ0) is 23.4. The number of halogens is 1. The van der Waals surface area contributed by atoms with Gasteiger partial charge in [0.2, 0.25) is 5.88 Å². The van der Waals surface area contributed by atoms with Crippen LogP contribution in [0.25, 0.3) is 0 Å². The van der Waals surface area contributed by atoms with Crippen LogP contribution in [-0.4, -0.2) is 19.7 Å². The van der Waals surface area contributed by atoms with Gasteiger partial charge in [-0.2, -0.15) is 5.26 Å². The molecule has 1 heterocycles. The smallest absolute Gasteiger partial charge is 0.349 e. The van der Waals surface area contributed by atoms with E-state index in [0.717, 1.165) is 5.56 Å². The quantitative estimate of drug-likeness (QED) is 0.423. The third-order valence-electron chi connectivity index (χ3n) is 5.02. The Morgan fingerprint density at radius 2 is 1.91 bits per heavy atom. The number of nitrogens with two attached hydrogens (primary N) is 1. The highest BCUT2D eigenvalue weighted by Gasteiger charge is 2.31. The molecule has 7 nitrogen and oxygen atoms in total. The summed E-state index contributed by atoms with van der Waals surface area (Å²) in [6.07, 6.45) is 0. The van der Waals surface area contributed by atoms with Crippen LogP contribution in [-0.2, 0) is 4.79 Å². The maximum atomic E-state index is 12.3. The molecule has 0 bridgehead atoms. The molecule has 3 aromatic carbocycles. The highest BCUT2D eigenvalue weighted by atomic mass is 35.5. The molecule has 1 atom stereocenters. The molecule has 0 aliphatic carbocycles. The monoisotopic (exact) mass is 462 g/mol. The second kappa shape index (κ2) is 9.55. The van der Waals surface area contributed by atoms with Crippen LogP contribution in [0.1, 0.15) is 17.0 Å². The SMILES string of the molecule is COc1ccccc1OCC(=O)Oc1ccc2c(c1)OC(N)=C(C#N)C2c1cccc(Cl)c1. The van der Waals surface area contributed by atoms with E-state index in [4.69, 9.17) is 36.3 Å². The Bertz CT molecular complexity index is 1280. The Balaban J connectivity index is 1.54. The number of para-hydroxylation sites is 2. The molecule has 2 N–H and O–H groups in total. The number of nitriles is 1. The number of nitrogens with zero attached hydrogens (tertiary/aromatic N) is 1. The second-order valence-corrected chi connectivity index (χ2v) is 7.53. The van der Waals surface area contributed by atoms with Crippen molar-refractivity contribution in [1.82, 2.24) is 0 Å². The highest BCUT2D eigenvalue weighted by Crippen LogP contribution is 2.43. The van der Waals surface area contributed by atoms with Gasteiger partial charge in [-0.25, -0.2) is 4.79 Å². The largest absolute Gasteiger partial charge is 0.493 e. The van der Waals surface area contributed by atoms with Gasteiger partial charge < -0.3 is 24.7 Å². The van der Waals surface area contributed by atoms with E-state index in [2.05, 4.69) is 6.07 Å². The molecule has 0 amide bonds. The molecule has 3 aromatic rings. The predicted molar refractivity (Wildman–Crippen MR) is 121 cm³/mol. The average molecular weight is 463 g/mol. The third kappa shape index (κ3) is 4.71. The van der Waals surface area contributed by atoms with Crippen molar-refractivity contribution in [2.45, 2.75) is 5.92 Å². The minimum Gasteiger partial charge on any atom is -0.493 e. The number of carbonyl (C=O) groups is 1. The first-order chi connectivity index (χ1) is 16.0. The molecule has 8 heteroatoms. The van der Waals surface area contributed by atoms with Crippen LogP contribution in [0.3, 0.4) is 0 Å². The maximum absolute atomic E-state index is 12.3. The molecule has 0 saturated heterocycles. The number of esters is 1. The minimum atomic E-state index is -0.607. The van der Waals surface area contributed by atoms with E-state index in [-0.39, 0.29) is 23.8 Å². The van der Waals surface area contributed by atoms with Gasteiger partial charge in [0.05, 0.1) is 13.0 Å². The second-order valence-electron chi connectivity index (χ2n) is 7.09. The molecule has 1 aliphatic rings. The van der Waals surface area contributed by atoms with Crippen molar-refractivity contribution in [3.8, 4) is 29.1 Å². The van der Waals surface area contributed by atoms with Gasteiger partial charge in [-0.05, 0) is 35.9 Å². The zero-order valence-electron chi connectivity index (χ0n) is 17.6. The van der Waals surface area contributed by atoms with Gasteiger partial charge in [0.25, 0.3) is 0 Å². The number of allylic oxidation sites excluding steroid dienone is 1. The molecule has 0 aromatic heterocycles. The molecule has 0 spiro atoms. The number of rotatable bonds is 6. The topological polar surface area (TPSA) is 104 Å². The van der Waals surface area contributed by atoms with E-state index in [9.17, 15) is 10.1 Å². The van der Waals surface area contributed by atoms with Gasteiger partial charge in [-0.1, -0.05) is 41.9 Å². The summed E-state index contributed by atoms with van der Waals surface area (Å²) in [5, 5.41) is 10.2. The van der Waals surface area contributed by atoms with Gasteiger partial charge in [0.1, 0.15) is 23.1 Å². The normalized spacial score (nSPS) is 14.5. The molecule has 4 rings (SSSR count). The van der Waals surface area contributed by atoms with Crippen LogP contribution in [0, 0.1) is 11.3 Å². The lowest BCUT2D eigenvalue weighted by molar-refractivity contribution is -0.136. The van der Waals surface area contributed by atoms with Gasteiger partial charge in [0, 0.05) is 16.7 Å². The lowest BCUT2D eigenvalue weighted by Crippen LogP contribution is -2.21. The van der Waals surface area contributed by atoms with E-state index in [0.29, 0.717) is 27.8 Å². The maximum Gasteiger partial charge on any atom is 0.349 e. The van der Waals surface area contributed by atoms with Crippen molar-refractivity contribution < 1.29 is 23.7 Å². The molecule has 0 radical (unpaired) electrons. The Morgan fingerprint density at radius 1 is 1.12 bits per heavy atom. The summed E-state index contributed by atoms with van der Waals surface area (Å²) < 4.78 is 21.8. The van der Waals surface area contributed by atoms with Crippen molar-refractivity contribution in [2.75, 3.05) is 13.7 Å². The summed E-state index contributed by atoms with van der Waals surface area (Å²) in [5.41, 5.74) is 7.80. The average Bonchev–Trinajstić information content (AvgIpc) is 2.82. The Kier molecular flexibility index (Phi) is 6.38. The standard InChI is InChI=1S/C25H19ClN2O5/c1-30-20-7-2-3-8-21(20)31-14-23(29)32-17-9-10-18-22(12-17)33-25(28)19(13-27)24(18)15-5-4-6-16(26)11-15/h2-12,24H,14,28H2,1H3. The van der Waals surface area contributed by atoms with Crippen LogP contribution >= 0.6 is 11.6 Å². The van der Waals surface area contributed by atoms with E-state index < -0.39 is 11.9 Å². The molecule has 33 heavy (non-hydrogen) atoms. The zero-order valence-corrected chi connectivity index (χ0v) is 18.3. The fourth-order valence-electron chi connectivity index (χ4n) is 3.56. The van der Waals surface area contributed by atoms with Gasteiger partial charge in [0.15, 0.2) is 18.1 Å². The van der Waals surface area contributed by atoms with Crippen molar-refractivity contribution in [3.63, 3.8) is 0 Å². The van der Waals surface area contributed by atoms with Crippen LogP contribution in [0.4, 0.5) is 0 Å². The Labute approximate surface area is 195 Å². The minimum absolute atomic E-state index is 0.0158. The van der Waals surface area contributed by atoms with Crippen molar-refractivity contribution in [2.24, 2.45) is 5.73 Å². The molecular weight excluding hydrogens is 444 g/mol. The third-order valence-corrected chi connectivity index (χ3v) is 5.25. The molecular formula is C25H19ClN2O5. The van der Waals surface area contributed by atoms with Gasteiger partial charge in [-0.15, -0.1) is 0 Å². The highest BCUT2D eigenvalue weighted by molar-refractivity contribution is 6.30. The Morgan fingerprint density at radius 3 is 2.64 bits per heavy atom. The van der Waals surface area contributed by atoms with Crippen molar-refractivity contribution in [1.29, 1.82) is 5.26 Å². The number of ether oxygens (including phenoxy) is 4. The van der Waals surface area contributed by atoms with Crippen LogP contribution in [0.5, 0.6) is 23.0 Å². The van der Waals surface area contributed by atoms with Crippen molar-refractivity contribution in [3.05, 3.63) is 94.3 Å². The fraction of sp³-hybridized carbons (Fsp3) is 0.120. The fourth-order valence-corrected chi connectivity index (χ4v) is 3.76. The first kappa shape index (κ1) is 22.1. The summed E-state index contributed by atoms with van der Waals surface area (Å²) in [6.45, 7) is -0.315. The number of fused-ring (bicyclic) bond motifs is 1. The molecule has 1 aliphatic heterocycles. The lowest BCUT2D eigenvalue weighted by Gasteiger charge is -2.26. The predicted octanol–water partition coefficient (Wildman–Crippen LogP) is 4.55. The van der Waals surface area contributed by atoms with Crippen molar-refractivity contribution >= 4 is 17.6 Å². The first-order valence-corrected chi connectivity index (χ1v) is 10.3. The molecule has 1 unspecified atom stereocenters. The lowest BCUT2D eigenvalue weighted by atomic mass is 9.83. The van der Waals surface area contributed by atoms with E-state index in [1.54, 1.807) is 60.7 Å². The van der Waals surface area contributed by atoms with Gasteiger partial charge in [-0.3, -0.25) is 0 Å². The molecule has 0 saturated carbocycles. The Hall–Kier alpha value is -4.15. The number of hydrogen-bond acceptors (Lipinski definition) is 7. The first-order valence-electron chi connectivity index (χ1n) is 9.93. The van der Waals surface area contributed by atoms with E-state index in [1.165, 1.54) is 7.11 Å². The molecule has 0 fully saturated rings.